The van der Waals surface area contributed by atoms with Crippen molar-refractivity contribution in [1.82, 2.24) is 10.3 Å². The van der Waals surface area contributed by atoms with Crippen molar-refractivity contribution in [2.45, 2.75) is 13.1 Å². The molecule has 148 valence electrons. The standard InChI is InChI=1S/C21H24N2O4S/c1-24-15-6-8-17(25-2)16(10-15)20-12-23-21(28-20)13-22-11-14-5-7-18(26-3)19(9-14)27-4/h5-10,12,22H,11,13H2,1-4H3. The van der Waals surface area contributed by atoms with E-state index in [-0.39, 0.29) is 0 Å². The molecule has 2 aromatic carbocycles. The van der Waals surface area contributed by atoms with Gasteiger partial charge in [-0.3, -0.25) is 0 Å². The van der Waals surface area contributed by atoms with E-state index < -0.39 is 0 Å². The highest BCUT2D eigenvalue weighted by atomic mass is 32.1. The molecule has 0 amide bonds. The van der Waals surface area contributed by atoms with E-state index in [1.165, 1.54) is 0 Å². The van der Waals surface area contributed by atoms with Gasteiger partial charge < -0.3 is 24.3 Å². The van der Waals surface area contributed by atoms with Crippen LogP contribution >= 0.6 is 11.3 Å². The molecule has 0 saturated heterocycles. The lowest BCUT2D eigenvalue weighted by molar-refractivity contribution is 0.354. The maximum absolute atomic E-state index is 5.47. The first kappa shape index (κ1) is 20.0. The van der Waals surface area contributed by atoms with Crippen molar-refractivity contribution < 1.29 is 18.9 Å². The highest BCUT2D eigenvalue weighted by Crippen LogP contribution is 2.36. The topological polar surface area (TPSA) is 61.8 Å². The molecule has 0 atom stereocenters. The van der Waals surface area contributed by atoms with Gasteiger partial charge in [-0.1, -0.05) is 6.07 Å². The van der Waals surface area contributed by atoms with Crippen LogP contribution in [0, 0.1) is 0 Å². The zero-order valence-electron chi connectivity index (χ0n) is 16.4. The molecule has 3 rings (SSSR count). The number of ether oxygens (including phenoxy) is 4. The minimum Gasteiger partial charge on any atom is -0.497 e. The molecule has 0 bridgehead atoms. The first-order valence-corrected chi connectivity index (χ1v) is 9.58. The molecule has 0 aliphatic heterocycles. The van der Waals surface area contributed by atoms with Crippen molar-refractivity contribution in [3.8, 4) is 33.4 Å². The van der Waals surface area contributed by atoms with Gasteiger partial charge in [-0.25, -0.2) is 4.98 Å². The Labute approximate surface area is 169 Å². The second-order valence-electron chi connectivity index (χ2n) is 5.98. The molecule has 0 unspecified atom stereocenters. The van der Waals surface area contributed by atoms with Gasteiger partial charge in [0.2, 0.25) is 0 Å². The summed E-state index contributed by atoms with van der Waals surface area (Å²) in [6, 6.07) is 11.7. The lowest BCUT2D eigenvalue weighted by atomic mass is 10.1. The second-order valence-corrected chi connectivity index (χ2v) is 7.09. The second kappa shape index (κ2) is 9.43. The molecule has 0 saturated carbocycles. The number of hydrogen-bond acceptors (Lipinski definition) is 7. The molecule has 1 aromatic heterocycles. The van der Waals surface area contributed by atoms with Crippen LogP contribution in [0.2, 0.25) is 0 Å². The van der Waals surface area contributed by atoms with Gasteiger partial charge in [-0.05, 0) is 35.9 Å². The Morgan fingerprint density at radius 2 is 1.57 bits per heavy atom. The Hall–Kier alpha value is -2.77. The first-order chi connectivity index (χ1) is 13.7. The van der Waals surface area contributed by atoms with Crippen molar-refractivity contribution >= 4 is 11.3 Å². The van der Waals surface area contributed by atoms with Crippen LogP contribution in [0.1, 0.15) is 10.6 Å². The summed E-state index contributed by atoms with van der Waals surface area (Å²) in [6.45, 7) is 1.38. The summed E-state index contributed by atoms with van der Waals surface area (Å²) in [5.74, 6) is 3.04. The van der Waals surface area contributed by atoms with E-state index in [2.05, 4.69) is 10.3 Å². The predicted molar refractivity (Wildman–Crippen MR) is 111 cm³/mol. The third kappa shape index (κ3) is 4.55. The highest BCUT2D eigenvalue weighted by molar-refractivity contribution is 7.15. The van der Waals surface area contributed by atoms with Gasteiger partial charge in [0.05, 0.1) is 33.3 Å². The van der Waals surface area contributed by atoms with Gasteiger partial charge in [-0.2, -0.15) is 0 Å². The van der Waals surface area contributed by atoms with E-state index in [9.17, 15) is 0 Å². The molecule has 7 heteroatoms. The third-order valence-electron chi connectivity index (χ3n) is 4.28. The summed E-state index contributed by atoms with van der Waals surface area (Å²) in [5.41, 5.74) is 2.09. The van der Waals surface area contributed by atoms with Crippen LogP contribution in [0.25, 0.3) is 10.4 Å². The smallest absolute Gasteiger partial charge is 0.161 e. The fourth-order valence-corrected chi connectivity index (χ4v) is 3.74. The van der Waals surface area contributed by atoms with E-state index in [4.69, 9.17) is 18.9 Å². The van der Waals surface area contributed by atoms with Gasteiger partial charge >= 0.3 is 0 Å². The maximum Gasteiger partial charge on any atom is 0.161 e. The van der Waals surface area contributed by atoms with E-state index in [0.717, 1.165) is 44.0 Å². The zero-order valence-corrected chi connectivity index (χ0v) is 17.3. The summed E-state index contributed by atoms with van der Waals surface area (Å²) in [4.78, 5) is 5.57. The van der Waals surface area contributed by atoms with Crippen molar-refractivity contribution in [2.75, 3.05) is 28.4 Å². The molecule has 0 fully saturated rings. The van der Waals surface area contributed by atoms with E-state index in [0.29, 0.717) is 13.1 Å². The molecule has 1 N–H and O–H groups in total. The molecule has 0 radical (unpaired) electrons. The van der Waals surface area contributed by atoms with Crippen LogP contribution < -0.4 is 24.3 Å². The van der Waals surface area contributed by atoms with Gasteiger partial charge in [0.25, 0.3) is 0 Å². The average Bonchev–Trinajstić information content (AvgIpc) is 3.21. The largest absolute Gasteiger partial charge is 0.497 e. The Balaban J connectivity index is 1.66. The SMILES string of the molecule is COc1ccc(OC)c(-c2cnc(CNCc3ccc(OC)c(OC)c3)s2)c1. The molecular formula is C21H24N2O4S. The van der Waals surface area contributed by atoms with Crippen molar-refractivity contribution in [2.24, 2.45) is 0 Å². The Bertz CT molecular complexity index is 927. The van der Waals surface area contributed by atoms with Crippen molar-refractivity contribution in [3.63, 3.8) is 0 Å². The average molecular weight is 401 g/mol. The van der Waals surface area contributed by atoms with Crippen LogP contribution in [-0.2, 0) is 13.1 Å². The number of hydrogen-bond donors (Lipinski definition) is 1. The van der Waals surface area contributed by atoms with Crippen LogP contribution in [-0.4, -0.2) is 33.4 Å². The predicted octanol–water partition coefficient (Wildman–Crippen LogP) is 4.13. The van der Waals surface area contributed by atoms with Gasteiger partial charge in [0.15, 0.2) is 11.5 Å². The lowest BCUT2D eigenvalue weighted by Gasteiger charge is -2.10. The van der Waals surface area contributed by atoms with E-state index >= 15 is 0 Å². The lowest BCUT2D eigenvalue weighted by Crippen LogP contribution is -2.12. The van der Waals surface area contributed by atoms with Crippen LogP contribution in [0.4, 0.5) is 0 Å². The molecule has 28 heavy (non-hydrogen) atoms. The summed E-state index contributed by atoms with van der Waals surface area (Å²) in [6.07, 6.45) is 1.87. The Kier molecular flexibility index (Phi) is 6.73. The fraction of sp³-hybridized carbons (Fsp3) is 0.286. The highest BCUT2D eigenvalue weighted by Gasteiger charge is 2.11. The molecule has 1 heterocycles. The fourth-order valence-electron chi connectivity index (χ4n) is 2.83. The molecule has 6 nitrogen and oxygen atoms in total. The number of rotatable bonds is 9. The minimum absolute atomic E-state index is 0.672. The molecule has 0 aliphatic rings. The Morgan fingerprint density at radius 3 is 2.29 bits per heavy atom. The molecule has 0 spiro atoms. The number of methoxy groups -OCH3 is 4. The Morgan fingerprint density at radius 1 is 0.821 bits per heavy atom. The van der Waals surface area contributed by atoms with Crippen LogP contribution in [0.3, 0.4) is 0 Å². The summed E-state index contributed by atoms with van der Waals surface area (Å²) < 4.78 is 21.4. The maximum atomic E-state index is 5.47. The molecule has 3 aromatic rings. The van der Waals surface area contributed by atoms with Crippen LogP contribution in [0.5, 0.6) is 23.0 Å². The third-order valence-corrected chi connectivity index (χ3v) is 5.31. The van der Waals surface area contributed by atoms with E-state index in [1.807, 2.05) is 42.6 Å². The number of aromatic nitrogens is 1. The summed E-state index contributed by atoms with van der Waals surface area (Å²) >= 11 is 1.63. The molecule has 0 aliphatic carbocycles. The van der Waals surface area contributed by atoms with Crippen LogP contribution in [0.15, 0.2) is 42.6 Å². The monoisotopic (exact) mass is 400 g/mol. The zero-order chi connectivity index (χ0) is 19.9. The number of nitrogens with one attached hydrogen (secondary N) is 1. The van der Waals surface area contributed by atoms with Crippen molar-refractivity contribution in [3.05, 3.63) is 53.2 Å². The van der Waals surface area contributed by atoms with E-state index in [1.54, 1.807) is 39.8 Å². The van der Waals surface area contributed by atoms with Crippen molar-refractivity contribution in [1.29, 1.82) is 0 Å². The minimum atomic E-state index is 0.672. The number of benzene rings is 2. The number of thiazole rings is 1. The normalized spacial score (nSPS) is 10.6. The number of nitrogens with zero attached hydrogens (tertiary/aromatic N) is 1. The summed E-state index contributed by atoms with van der Waals surface area (Å²) in [7, 11) is 6.59. The van der Waals surface area contributed by atoms with Gasteiger partial charge in [0, 0.05) is 24.8 Å². The quantitative estimate of drug-likeness (QED) is 0.583. The first-order valence-electron chi connectivity index (χ1n) is 8.77. The molecular weight excluding hydrogens is 376 g/mol. The van der Waals surface area contributed by atoms with Gasteiger partial charge in [0.1, 0.15) is 16.5 Å². The van der Waals surface area contributed by atoms with Gasteiger partial charge in [-0.15, -0.1) is 11.3 Å². The summed E-state index contributed by atoms with van der Waals surface area (Å²) in [5, 5.41) is 4.42.